The van der Waals surface area contributed by atoms with Gasteiger partial charge in [0.25, 0.3) is 0 Å². The van der Waals surface area contributed by atoms with Crippen molar-refractivity contribution in [2.75, 3.05) is 13.1 Å². The first-order valence-electron chi connectivity index (χ1n) is 7.68. The van der Waals surface area contributed by atoms with Crippen LogP contribution >= 0.6 is 11.6 Å². The predicted molar refractivity (Wildman–Crippen MR) is 83.9 cm³/mol. The molecule has 0 aromatic heterocycles. The molecule has 1 N–H and O–H groups in total. The minimum atomic E-state index is 0.481. The van der Waals surface area contributed by atoms with Crippen LogP contribution in [0.3, 0.4) is 0 Å². The summed E-state index contributed by atoms with van der Waals surface area (Å²) in [7, 11) is 0. The van der Waals surface area contributed by atoms with Crippen molar-refractivity contribution in [2.24, 2.45) is 5.41 Å². The molecule has 1 aromatic carbocycles. The Morgan fingerprint density at radius 3 is 2.63 bits per heavy atom. The second-order valence-corrected chi connectivity index (χ2v) is 6.31. The molecular formula is C17H26ClN. The molecule has 1 aliphatic rings. The van der Waals surface area contributed by atoms with E-state index >= 15 is 0 Å². The topological polar surface area (TPSA) is 12.0 Å². The standard InChI is InChI=1S/C17H26ClN/c1-3-5-10-17(4-2)11-12-19-13-16(17)14-6-8-15(18)9-7-14/h6-9,16,19H,3-5,10-13H2,1-2H3. The van der Waals surface area contributed by atoms with E-state index < -0.39 is 0 Å². The van der Waals surface area contributed by atoms with Crippen molar-refractivity contribution < 1.29 is 0 Å². The second kappa shape index (κ2) is 6.76. The van der Waals surface area contributed by atoms with E-state index in [1.807, 2.05) is 12.1 Å². The molecule has 2 atom stereocenters. The zero-order valence-corrected chi connectivity index (χ0v) is 13.0. The average Bonchev–Trinajstić information content (AvgIpc) is 2.46. The third-order valence-electron chi connectivity index (χ3n) is 4.89. The second-order valence-electron chi connectivity index (χ2n) is 5.88. The largest absolute Gasteiger partial charge is 0.316 e. The number of benzene rings is 1. The summed E-state index contributed by atoms with van der Waals surface area (Å²) in [5, 5.41) is 4.42. The lowest BCUT2D eigenvalue weighted by Gasteiger charge is -2.45. The molecule has 1 saturated heterocycles. The van der Waals surface area contributed by atoms with Gasteiger partial charge in [0.15, 0.2) is 0 Å². The summed E-state index contributed by atoms with van der Waals surface area (Å²) >= 11 is 6.02. The maximum atomic E-state index is 6.02. The minimum absolute atomic E-state index is 0.481. The fraction of sp³-hybridized carbons (Fsp3) is 0.647. The van der Waals surface area contributed by atoms with Gasteiger partial charge in [-0.3, -0.25) is 0 Å². The fourth-order valence-electron chi connectivity index (χ4n) is 3.57. The van der Waals surface area contributed by atoms with Crippen LogP contribution in [-0.2, 0) is 0 Å². The molecule has 1 aliphatic heterocycles. The number of unbranched alkanes of at least 4 members (excludes halogenated alkanes) is 1. The third kappa shape index (κ3) is 3.32. The molecule has 1 fully saturated rings. The van der Waals surface area contributed by atoms with Gasteiger partial charge in [-0.25, -0.2) is 0 Å². The molecule has 106 valence electrons. The van der Waals surface area contributed by atoms with Gasteiger partial charge in [0.05, 0.1) is 0 Å². The summed E-state index contributed by atoms with van der Waals surface area (Å²) in [6.07, 6.45) is 6.58. The molecule has 2 rings (SSSR count). The number of halogens is 1. The van der Waals surface area contributed by atoms with E-state index in [0.29, 0.717) is 11.3 Å². The zero-order chi connectivity index (χ0) is 13.7. The van der Waals surface area contributed by atoms with Crippen molar-refractivity contribution in [1.82, 2.24) is 5.32 Å². The van der Waals surface area contributed by atoms with Crippen LogP contribution in [0.1, 0.15) is 57.4 Å². The number of rotatable bonds is 5. The van der Waals surface area contributed by atoms with Crippen LogP contribution in [0.2, 0.25) is 5.02 Å². The monoisotopic (exact) mass is 279 g/mol. The van der Waals surface area contributed by atoms with Crippen LogP contribution in [-0.4, -0.2) is 13.1 Å². The van der Waals surface area contributed by atoms with Gasteiger partial charge >= 0.3 is 0 Å². The van der Waals surface area contributed by atoms with Crippen molar-refractivity contribution in [2.45, 2.75) is 51.9 Å². The Kier molecular flexibility index (Phi) is 5.29. The molecular weight excluding hydrogens is 254 g/mol. The Morgan fingerprint density at radius 1 is 1.26 bits per heavy atom. The van der Waals surface area contributed by atoms with E-state index in [2.05, 4.69) is 31.3 Å². The molecule has 19 heavy (non-hydrogen) atoms. The Labute approximate surface area is 122 Å². The zero-order valence-electron chi connectivity index (χ0n) is 12.2. The quantitative estimate of drug-likeness (QED) is 0.799. The molecule has 0 saturated carbocycles. The molecule has 1 aromatic rings. The van der Waals surface area contributed by atoms with Crippen molar-refractivity contribution in [1.29, 1.82) is 0 Å². The molecule has 1 nitrogen and oxygen atoms in total. The summed E-state index contributed by atoms with van der Waals surface area (Å²) in [6.45, 7) is 6.94. The van der Waals surface area contributed by atoms with Crippen molar-refractivity contribution in [3.05, 3.63) is 34.9 Å². The first-order chi connectivity index (χ1) is 9.22. The molecule has 0 aliphatic carbocycles. The lowest BCUT2D eigenvalue weighted by molar-refractivity contribution is 0.136. The van der Waals surface area contributed by atoms with Crippen molar-refractivity contribution in [3.63, 3.8) is 0 Å². The number of hydrogen-bond donors (Lipinski definition) is 1. The number of hydrogen-bond acceptors (Lipinski definition) is 1. The summed E-state index contributed by atoms with van der Waals surface area (Å²) in [6, 6.07) is 8.50. The SMILES string of the molecule is CCCCC1(CC)CCNCC1c1ccc(Cl)cc1. The Morgan fingerprint density at radius 2 is 2.00 bits per heavy atom. The Bertz CT molecular complexity index is 387. The maximum Gasteiger partial charge on any atom is 0.0406 e. The van der Waals surface area contributed by atoms with Crippen molar-refractivity contribution >= 4 is 11.6 Å². The highest BCUT2D eigenvalue weighted by Crippen LogP contribution is 2.47. The van der Waals surface area contributed by atoms with Crippen LogP contribution in [0.25, 0.3) is 0 Å². The molecule has 0 bridgehead atoms. The summed E-state index contributed by atoms with van der Waals surface area (Å²) in [4.78, 5) is 0. The molecule has 0 radical (unpaired) electrons. The van der Waals surface area contributed by atoms with Gasteiger partial charge < -0.3 is 5.32 Å². The minimum Gasteiger partial charge on any atom is -0.316 e. The van der Waals surface area contributed by atoms with E-state index in [0.717, 1.165) is 11.6 Å². The van der Waals surface area contributed by atoms with Crippen molar-refractivity contribution in [3.8, 4) is 0 Å². The van der Waals surface area contributed by atoms with E-state index in [1.165, 1.54) is 44.2 Å². The normalized spacial score (nSPS) is 27.4. The third-order valence-corrected chi connectivity index (χ3v) is 5.14. The Balaban J connectivity index is 2.25. The van der Waals surface area contributed by atoms with Gasteiger partial charge in [-0.2, -0.15) is 0 Å². The first-order valence-corrected chi connectivity index (χ1v) is 8.06. The highest BCUT2D eigenvalue weighted by molar-refractivity contribution is 6.30. The van der Waals surface area contributed by atoms with E-state index in [1.54, 1.807) is 0 Å². The van der Waals surface area contributed by atoms with Gasteiger partial charge in [-0.05, 0) is 48.9 Å². The molecule has 0 amide bonds. The number of piperidine rings is 1. The molecule has 0 spiro atoms. The highest BCUT2D eigenvalue weighted by Gasteiger charge is 2.39. The first kappa shape index (κ1) is 14.9. The van der Waals surface area contributed by atoms with Gasteiger partial charge in [0, 0.05) is 17.5 Å². The average molecular weight is 280 g/mol. The highest BCUT2D eigenvalue weighted by atomic mass is 35.5. The number of nitrogens with one attached hydrogen (secondary N) is 1. The summed E-state index contributed by atoms with van der Waals surface area (Å²) < 4.78 is 0. The van der Waals surface area contributed by atoms with Gasteiger partial charge in [-0.15, -0.1) is 0 Å². The lowest BCUT2D eigenvalue weighted by Crippen LogP contribution is -2.43. The van der Waals surface area contributed by atoms with Crippen LogP contribution in [0, 0.1) is 5.41 Å². The van der Waals surface area contributed by atoms with Gasteiger partial charge in [0.2, 0.25) is 0 Å². The van der Waals surface area contributed by atoms with Crippen LogP contribution in [0.5, 0.6) is 0 Å². The van der Waals surface area contributed by atoms with Gasteiger partial charge in [-0.1, -0.05) is 50.4 Å². The smallest absolute Gasteiger partial charge is 0.0406 e. The van der Waals surface area contributed by atoms with Crippen LogP contribution < -0.4 is 5.32 Å². The fourth-order valence-corrected chi connectivity index (χ4v) is 3.69. The van der Waals surface area contributed by atoms with E-state index in [9.17, 15) is 0 Å². The van der Waals surface area contributed by atoms with E-state index in [-0.39, 0.29) is 0 Å². The molecule has 2 unspecified atom stereocenters. The van der Waals surface area contributed by atoms with Crippen LogP contribution in [0.15, 0.2) is 24.3 Å². The summed E-state index contributed by atoms with van der Waals surface area (Å²) in [5.74, 6) is 0.634. The molecule has 1 heterocycles. The summed E-state index contributed by atoms with van der Waals surface area (Å²) in [5.41, 5.74) is 1.93. The van der Waals surface area contributed by atoms with Crippen LogP contribution in [0.4, 0.5) is 0 Å². The van der Waals surface area contributed by atoms with E-state index in [4.69, 9.17) is 11.6 Å². The molecule has 2 heteroatoms. The van der Waals surface area contributed by atoms with Gasteiger partial charge in [0.1, 0.15) is 0 Å². The lowest BCUT2D eigenvalue weighted by atomic mass is 9.64. The predicted octanol–water partition coefficient (Wildman–Crippen LogP) is 5.00. The Hall–Kier alpha value is -0.530. The maximum absolute atomic E-state index is 6.02.